The summed E-state index contributed by atoms with van der Waals surface area (Å²) < 4.78 is 32.3. The molecule has 2 rings (SSSR count). The van der Waals surface area contributed by atoms with Crippen molar-refractivity contribution in [2.24, 2.45) is 0 Å². The highest BCUT2D eigenvalue weighted by Crippen LogP contribution is 2.29. The fraction of sp³-hybridized carbons (Fsp3) is 0.556. The molecule has 0 atom stereocenters. The van der Waals surface area contributed by atoms with E-state index >= 15 is 0 Å². The Labute approximate surface area is 160 Å². The minimum absolute atomic E-state index is 0.0328. The Bertz CT molecular complexity index is 784. The average Bonchev–Trinajstić information content (AvgIpc) is 3.22. The number of amides is 2. The SMILES string of the molecule is CCN(CC)C(=O)CNC(=O)c1ccc(OC)c(S(=O)(=O)N2CCCC2)c1. The Hall–Kier alpha value is -2.13. The predicted molar refractivity (Wildman–Crippen MR) is 101 cm³/mol. The number of methoxy groups -OCH3 is 1. The Kier molecular flexibility index (Phi) is 7.20. The van der Waals surface area contributed by atoms with E-state index < -0.39 is 15.9 Å². The standard InChI is InChI=1S/C18H27N3O5S/c1-4-20(5-2)17(22)13-19-18(23)14-8-9-15(26-3)16(12-14)27(24,25)21-10-6-7-11-21/h8-9,12H,4-7,10-11,13H2,1-3H3,(H,19,23). The van der Waals surface area contributed by atoms with Gasteiger partial charge in [0.1, 0.15) is 10.6 Å². The lowest BCUT2D eigenvalue weighted by atomic mass is 10.2. The highest BCUT2D eigenvalue weighted by Gasteiger charge is 2.30. The lowest BCUT2D eigenvalue weighted by molar-refractivity contribution is -0.129. The van der Waals surface area contributed by atoms with Gasteiger partial charge < -0.3 is 15.0 Å². The summed E-state index contributed by atoms with van der Waals surface area (Å²) >= 11 is 0. The minimum Gasteiger partial charge on any atom is -0.495 e. The van der Waals surface area contributed by atoms with Gasteiger partial charge in [-0.15, -0.1) is 0 Å². The highest BCUT2D eigenvalue weighted by atomic mass is 32.2. The fourth-order valence-electron chi connectivity index (χ4n) is 3.03. The molecule has 0 spiro atoms. The van der Waals surface area contributed by atoms with E-state index in [9.17, 15) is 18.0 Å². The lowest BCUT2D eigenvalue weighted by Gasteiger charge is -2.19. The third-order valence-electron chi connectivity index (χ3n) is 4.62. The van der Waals surface area contributed by atoms with Crippen LogP contribution in [0.3, 0.4) is 0 Å². The molecule has 0 aromatic heterocycles. The van der Waals surface area contributed by atoms with Crippen molar-refractivity contribution in [3.63, 3.8) is 0 Å². The van der Waals surface area contributed by atoms with Crippen LogP contribution in [0.1, 0.15) is 37.0 Å². The number of benzene rings is 1. The van der Waals surface area contributed by atoms with Crippen LogP contribution < -0.4 is 10.1 Å². The van der Waals surface area contributed by atoms with E-state index in [1.165, 1.54) is 29.6 Å². The molecule has 0 saturated carbocycles. The molecule has 0 unspecified atom stereocenters. The first-order valence-corrected chi connectivity index (χ1v) is 10.5. The van der Waals surface area contributed by atoms with Crippen LogP contribution in [0, 0.1) is 0 Å². The Balaban J connectivity index is 2.21. The van der Waals surface area contributed by atoms with Crippen molar-refractivity contribution in [1.29, 1.82) is 0 Å². The Morgan fingerprint density at radius 2 is 1.81 bits per heavy atom. The van der Waals surface area contributed by atoms with E-state index in [0.717, 1.165) is 12.8 Å². The number of nitrogens with zero attached hydrogens (tertiary/aromatic N) is 2. The van der Waals surface area contributed by atoms with E-state index in [0.29, 0.717) is 26.2 Å². The zero-order chi connectivity index (χ0) is 20.0. The van der Waals surface area contributed by atoms with E-state index in [1.54, 1.807) is 4.90 Å². The van der Waals surface area contributed by atoms with Gasteiger partial charge in [-0.05, 0) is 44.9 Å². The molecular weight excluding hydrogens is 370 g/mol. The molecule has 9 heteroatoms. The van der Waals surface area contributed by atoms with Crippen LogP contribution in [0.2, 0.25) is 0 Å². The zero-order valence-electron chi connectivity index (χ0n) is 16.0. The largest absolute Gasteiger partial charge is 0.495 e. The molecule has 1 saturated heterocycles. The maximum absolute atomic E-state index is 12.9. The summed E-state index contributed by atoms with van der Waals surface area (Å²) in [5.74, 6) is -0.500. The first-order valence-electron chi connectivity index (χ1n) is 9.09. The number of ether oxygens (including phenoxy) is 1. The molecule has 8 nitrogen and oxygen atoms in total. The van der Waals surface area contributed by atoms with Crippen molar-refractivity contribution >= 4 is 21.8 Å². The van der Waals surface area contributed by atoms with Crippen molar-refractivity contribution in [2.45, 2.75) is 31.6 Å². The number of sulfonamides is 1. The van der Waals surface area contributed by atoms with Gasteiger partial charge in [-0.1, -0.05) is 0 Å². The summed E-state index contributed by atoms with van der Waals surface area (Å²) in [6.45, 7) is 5.63. The molecule has 1 aromatic carbocycles. The maximum Gasteiger partial charge on any atom is 0.251 e. The second-order valence-corrected chi connectivity index (χ2v) is 8.13. The van der Waals surface area contributed by atoms with Crippen LogP contribution in [0.15, 0.2) is 23.1 Å². The number of carbonyl (C=O) groups excluding carboxylic acids is 2. The van der Waals surface area contributed by atoms with Crippen molar-refractivity contribution in [3.8, 4) is 5.75 Å². The fourth-order valence-corrected chi connectivity index (χ4v) is 4.73. The summed E-state index contributed by atoms with van der Waals surface area (Å²) in [4.78, 5) is 26.0. The van der Waals surface area contributed by atoms with E-state index in [4.69, 9.17) is 4.74 Å². The summed E-state index contributed by atoms with van der Waals surface area (Å²) in [6.07, 6.45) is 1.63. The molecule has 1 aliphatic heterocycles. The van der Waals surface area contributed by atoms with Gasteiger partial charge in [0.2, 0.25) is 15.9 Å². The second kappa shape index (κ2) is 9.18. The lowest BCUT2D eigenvalue weighted by Crippen LogP contribution is -2.40. The third kappa shape index (κ3) is 4.78. The molecule has 0 aliphatic carbocycles. The third-order valence-corrected chi connectivity index (χ3v) is 6.54. The van der Waals surface area contributed by atoms with Crippen molar-refractivity contribution < 1.29 is 22.7 Å². The number of likely N-dealkylation sites (N-methyl/N-ethyl adjacent to an activating group) is 1. The van der Waals surface area contributed by atoms with Gasteiger partial charge in [0.15, 0.2) is 0 Å². The molecule has 1 aromatic rings. The molecule has 0 bridgehead atoms. The summed E-state index contributed by atoms with van der Waals surface area (Å²) in [5.41, 5.74) is 0.168. The van der Waals surface area contributed by atoms with Gasteiger partial charge in [-0.3, -0.25) is 9.59 Å². The first-order chi connectivity index (χ1) is 12.8. The molecule has 1 fully saturated rings. The monoisotopic (exact) mass is 397 g/mol. The van der Waals surface area contributed by atoms with Gasteiger partial charge in [0.05, 0.1) is 13.7 Å². The number of hydrogen-bond acceptors (Lipinski definition) is 5. The predicted octanol–water partition coefficient (Wildman–Crippen LogP) is 1.08. The number of carbonyl (C=O) groups is 2. The van der Waals surface area contributed by atoms with Crippen LogP contribution in [-0.4, -0.2) is 69.3 Å². The summed E-state index contributed by atoms with van der Waals surface area (Å²) in [6, 6.07) is 4.26. The van der Waals surface area contributed by atoms with E-state index in [-0.39, 0.29) is 28.7 Å². The molecule has 1 heterocycles. The molecule has 0 radical (unpaired) electrons. The van der Waals surface area contributed by atoms with Crippen molar-refractivity contribution in [1.82, 2.24) is 14.5 Å². The average molecular weight is 397 g/mol. The second-order valence-electron chi connectivity index (χ2n) is 6.23. The summed E-state index contributed by atoms with van der Waals surface area (Å²) in [7, 11) is -2.35. The van der Waals surface area contributed by atoms with Crippen molar-refractivity contribution in [3.05, 3.63) is 23.8 Å². The molecule has 1 N–H and O–H groups in total. The first kappa shape index (κ1) is 21.2. The van der Waals surface area contributed by atoms with Crippen LogP contribution in [-0.2, 0) is 14.8 Å². The number of hydrogen-bond donors (Lipinski definition) is 1. The van der Waals surface area contributed by atoms with Crippen LogP contribution in [0.4, 0.5) is 0 Å². The van der Waals surface area contributed by atoms with Gasteiger partial charge in [-0.2, -0.15) is 4.31 Å². The molecule has 1 aliphatic rings. The van der Waals surface area contributed by atoms with Crippen LogP contribution in [0.25, 0.3) is 0 Å². The van der Waals surface area contributed by atoms with Gasteiger partial charge in [0.25, 0.3) is 5.91 Å². The quantitative estimate of drug-likeness (QED) is 0.708. The smallest absolute Gasteiger partial charge is 0.251 e. The van der Waals surface area contributed by atoms with E-state index in [2.05, 4.69) is 5.32 Å². The molecule has 2 amide bonds. The molecule has 150 valence electrons. The number of nitrogens with one attached hydrogen (secondary N) is 1. The van der Waals surface area contributed by atoms with Gasteiger partial charge in [0, 0.05) is 31.7 Å². The zero-order valence-corrected chi connectivity index (χ0v) is 16.8. The minimum atomic E-state index is -3.74. The van der Waals surface area contributed by atoms with Crippen molar-refractivity contribution in [2.75, 3.05) is 39.8 Å². The Morgan fingerprint density at radius 1 is 1.19 bits per heavy atom. The van der Waals surface area contributed by atoms with Crippen LogP contribution >= 0.6 is 0 Å². The molecular formula is C18H27N3O5S. The van der Waals surface area contributed by atoms with Gasteiger partial charge >= 0.3 is 0 Å². The molecule has 27 heavy (non-hydrogen) atoms. The number of rotatable bonds is 8. The van der Waals surface area contributed by atoms with Crippen LogP contribution in [0.5, 0.6) is 5.75 Å². The highest BCUT2D eigenvalue weighted by molar-refractivity contribution is 7.89. The Morgan fingerprint density at radius 3 is 2.37 bits per heavy atom. The van der Waals surface area contributed by atoms with Gasteiger partial charge in [-0.25, -0.2) is 8.42 Å². The topological polar surface area (TPSA) is 96.0 Å². The maximum atomic E-state index is 12.9. The normalized spacial score (nSPS) is 14.8. The van der Waals surface area contributed by atoms with E-state index in [1.807, 2.05) is 13.8 Å². The summed E-state index contributed by atoms with van der Waals surface area (Å²) in [5, 5.41) is 2.55.